The second kappa shape index (κ2) is 8.19. The Morgan fingerprint density at radius 1 is 1.13 bits per heavy atom. The quantitative estimate of drug-likeness (QED) is 0.560. The molecule has 0 atom stereocenters. The molecule has 2 heterocycles. The highest BCUT2D eigenvalue weighted by Gasteiger charge is 2.24. The van der Waals surface area contributed by atoms with Crippen molar-refractivity contribution < 1.29 is 4.79 Å². The number of aromatic amines is 1. The lowest BCUT2D eigenvalue weighted by molar-refractivity contribution is 0.262. The van der Waals surface area contributed by atoms with Gasteiger partial charge in [0.1, 0.15) is 5.82 Å². The Bertz CT molecular complexity index is 1170. The molecule has 2 amide bonds. The summed E-state index contributed by atoms with van der Waals surface area (Å²) in [6.45, 7) is 6.08. The van der Waals surface area contributed by atoms with Crippen molar-refractivity contribution in [2.24, 2.45) is 0 Å². The summed E-state index contributed by atoms with van der Waals surface area (Å²) < 4.78 is 1.48. The zero-order chi connectivity index (χ0) is 22.2. The minimum Gasteiger partial charge on any atom is -0.308 e. The second-order valence-corrected chi connectivity index (χ2v) is 9.12. The van der Waals surface area contributed by atoms with Crippen LogP contribution in [-0.2, 0) is 18.3 Å². The molecule has 9 heteroatoms. The zero-order valence-electron chi connectivity index (χ0n) is 17.8. The highest BCUT2D eigenvalue weighted by Crippen LogP contribution is 2.26. The van der Waals surface area contributed by atoms with Gasteiger partial charge in [0, 0.05) is 27.8 Å². The Kier molecular flexibility index (Phi) is 5.58. The highest BCUT2D eigenvalue weighted by molar-refractivity contribution is 6.30. The fourth-order valence-corrected chi connectivity index (χ4v) is 3.63. The summed E-state index contributed by atoms with van der Waals surface area (Å²) in [5, 5.41) is 10.8. The lowest BCUT2D eigenvalue weighted by atomic mass is 9.92. The summed E-state index contributed by atoms with van der Waals surface area (Å²) in [6.07, 6.45) is 3.49. The number of hydrogen-bond donors (Lipinski definition) is 3. The largest absolute Gasteiger partial charge is 0.324 e. The van der Waals surface area contributed by atoms with Crippen molar-refractivity contribution in [3.63, 3.8) is 0 Å². The summed E-state index contributed by atoms with van der Waals surface area (Å²) in [6, 6.07) is 8.16. The molecule has 31 heavy (non-hydrogen) atoms. The standard InChI is InChI=1S/C22H25ClN6O2/c1-22(2,3)17-12-18(26-21(31)24-14-10-8-13(23)9-11-14)29(28-17)20-25-16-7-5-4-6-15(16)19(30)27-20/h8-12H,4-7H2,1-3H3,(H2,24,26,31)(H,25,27,30). The maximum atomic E-state index is 12.6. The number of hydrogen-bond acceptors (Lipinski definition) is 4. The van der Waals surface area contributed by atoms with E-state index in [2.05, 4.69) is 25.7 Å². The maximum absolute atomic E-state index is 12.6. The monoisotopic (exact) mass is 440 g/mol. The first kappa shape index (κ1) is 21.1. The average molecular weight is 441 g/mol. The predicted octanol–water partition coefficient (Wildman–Crippen LogP) is 4.43. The average Bonchev–Trinajstić information content (AvgIpc) is 3.14. The van der Waals surface area contributed by atoms with Crippen molar-refractivity contribution >= 4 is 29.1 Å². The lowest BCUT2D eigenvalue weighted by Crippen LogP contribution is -2.26. The van der Waals surface area contributed by atoms with E-state index in [1.54, 1.807) is 30.3 Å². The van der Waals surface area contributed by atoms with E-state index in [-0.39, 0.29) is 11.0 Å². The molecule has 0 aliphatic heterocycles. The molecule has 0 spiro atoms. The Morgan fingerprint density at radius 3 is 2.55 bits per heavy atom. The van der Waals surface area contributed by atoms with Gasteiger partial charge >= 0.3 is 6.03 Å². The number of carbonyl (C=O) groups excluding carboxylic acids is 1. The third-order valence-corrected chi connectivity index (χ3v) is 5.45. The van der Waals surface area contributed by atoms with Crippen LogP contribution in [0.4, 0.5) is 16.3 Å². The first-order valence-corrected chi connectivity index (χ1v) is 10.6. The summed E-state index contributed by atoms with van der Waals surface area (Å²) in [5.74, 6) is 0.707. The van der Waals surface area contributed by atoms with E-state index < -0.39 is 6.03 Å². The first-order valence-electron chi connectivity index (χ1n) is 10.3. The maximum Gasteiger partial charge on any atom is 0.324 e. The number of aromatic nitrogens is 4. The normalized spacial score (nSPS) is 13.5. The van der Waals surface area contributed by atoms with Crippen LogP contribution in [0, 0.1) is 0 Å². The van der Waals surface area contributed by atoms with Crippen LogP contribution in [0.2, 0.25) is 5.02 Å². The van der Waals surface area contributed by atoms with Gasteiger partial charge in [-0.25, -0.2) is 9.78 Å². The number of urea groups is 1. The van der Waals surface area contributed by atoms with E-state index in [1.807, 2.05) is 20.8 Å². The third kappa shape index (κ3) is 4.64. The molecule has 0 saturated heterocycles. The minimum atomic E-state index is -0.441. The zero-order valence-corrected chi connectivity index (χ0v) is 18.5. The van der Waals surface area contributed by atoms with Gasteiger partial charge in [0.25, 0.3) is 5.56 Å². The van der Waals surface area contributed by atoms with Gasteiger partial charge in [0.15, 0.2) is 0 Å². The molecular formula is C22H25ClN6O2. The number of carbonyl (C=O) groups is 1. The molecule has 1 aliphatic carbocycles. The van der Waals surface area contributed by atoms with Crippen molar-refractivity contribution in [1.82, 2.24) is 19.7 Å². The van der Waals surface area contributed by atoms with Crippen LogP contribution >= 0.6 is 11.6 Å². The van der Waals surface area contributed by atoms with Crippen LogP contribution in [0.25, 0.3) is 5.95 Å². The number of benzene rings is 1. The number of H-pyrrole nitrogens is 1. The van der Waals surface area contributed by atoms with Crippen LogP contribution in [0.3, 0.4) is 0 Å². The topological polar surface area (TPSA) is 105 Å². The molecule has 3 aromatic rings. The Labute approximate surface area is 185 Å². The SMILES string of the molecule is CC(C)(C)c1cc(NC(=O)Nc2ccc(Cl)cc2)n(-c2nc3c(c(=O)[nH]2)CCCC3)n1. The summed E-state index contributed by atoms with van der Waals surface area (Å²) in [4.78, 5) is 32.7. The first-order chi connectivity index (χ1) is 14.7. The second-order valence-electron chi connectivity index (χ2n) is 8.68. The van der Waals surface area contributed by atoms with Crippen molar-refractivity contribution in [2.75, 3.05) is 10.6 Å². The number of fused-ring (bicyclic) bond motifs is 1. The molecule has 0 radical (unpaired) electrons. The van der Waals surface area contributed by atoms with Crippen LogP contribution in [-0.4, -0.2) is 25.8 Å². The summed E-state index contributed by atoms with van der Waals surface area (Å²) in [7, 11) is 0. The number of aryl methyl sites for hydroxylation is 1. The van der Waals surface area contributed by atoms with E-state index in [1.165, 1.54) is 4.68 Å². The molecule has 0 saturated carbocycles. The number of amides is 2. The Morgan fingerprint density at radius 2 is 1.84 bits per heavy atom. The van der Waals surface area contributed by atoms with Gasteiger partial charge in [-0.05, 0) is 49.9 Å². The number of halogens is 1. The minimum absolute atomic E-state index is 0.149. The number of nitrogens with zero attached hydrogens (tertiary/aromatic N) is 3. The fourth-order valence-electron chi connectivity index (χ4n) is 3.50. The van der Waals surface area contributed by atoms with E-state index in [9.17, 15) is 9.59 Å². The summed E-state index contributed by atoms with van der Waals surface area (Å²) in [5.41, 5.74) is 2.49. The molecular weight excluding hydrogens is 416 g/mol. The number of nitrogens with one attached hydrogen (secondary N) is 3. The van der Waals surface area contributed by atoms with Crippen molar-refractivity contribution in [3.8, 4) is 5.95 Å². The Hall–Kier alpha value is -3.13. The van der Waals surface area contributed by atoms with Gasteiger partial charge < -0.3 is 5.32 Å². The smallest absolute Gasteiger partial charge is 0.308 e. The highest BCUT2D eigenvalue weighted by atomic mass is 35.5. The van der Waals surface area contributed by atoms with Crippen LogP contribution < -0.4 is 16.2 Å². The van der Waals surface area contributed by atoms with Crippen molar-refractivity contribution in [2.45, 2.75) is 51.9 Å². The van der Waals surface area contributed by atoms with Gasteiger partial charge in [-0.1, -0.05) is 32.4 Å². The van der Waals surface area contributed by atoms with Crippen LogP contribution in [0.5, 0.6) is 0 Å². The summed E-state index contributed by atoms with van der Waals surface area (Å²) >= 11 is 5.90. The molecule has 1 aromatic carbocycles. The molecule has 0 bridgehead atoms. The van der Waals surface area contributed by atoms with Crippen LogP contribution in [0.15, 0.2) is 35.1 Å². The fraction of sp³-hybridized carbons (Fsp3) is 0.364. The van der Waals surface area contributed by atoms with Gasteiger partial charge in [-0.15, -0.1) is 0 Å². The molecule has 0 fully saturated rings. The van der Waals surface area contributed by atoms with Crippen LogP contribution in [0.1, 0.15) is 50.6 Å². The molecule has 162 valence electrons. The van der Waals surface area contributed by atoms with E-state index in [4.69, 9.17) is 11.6 Å². The van der Waals surface area contributed by atoms with Gasteiger partial charge in [0.05, 0.1) is 11.4 Å². The van der Waals surface area contributed by atoms with Crippen molar-refractivity contribution in [1.29, 1.82) is 0 Å². The molecule has 1 aliphatic rings. The van der Waals surface area contributed by atoms with E-state index >= 15 is 0 Å². The van der Waals surface area contributed by atoms with Crippen molar-refractivity contribution in [3.05, 3.63) is 62.7 Å². The molecule has 4 rings (SSSR count). The van der Waals surface area contributed by atoms with Gasteiger partial charge in [-0.3, -0.25) is 15.1 Å². The van der Waals surface area contributed by atoms with Gasteiger partial charge in [-0.2, -0.15) is 9.78 Å². The third-order valence-electron chi connectivity index (χ3n) is 5.20. The molecule has 3 N–H and O–H groups in total. The predicted molar refractivity (Wildman–Crippen MR) is 121 cm³/mol. The molecule has 0 unspecified atom stereocenters. The van der Waals surface area contributed by atoms with Gasteiger partial charge in [0.2, 0.25) is 5.95 Å². The number of rotatable bonds is 3. The lowest BCUT2D eigenvalue weighted by Gasteiger charge is -2.16. The molecule has 8 nitrogen and oxygen atoms in total. The Balaban J connectivity index is 1.68. The van der Waals surface area contributed by atoms with E-state index in [0.29, 0.717) is 22.5 Å². The van der Waals surface area contributed by atoms with E-state index in [0.717, 1.165) is 42.6 Å². The number of anilines is 2. The molecule has 2 aromatic heterocycles.